The van der Waals surface area contributed by atoms with E-state index < -0.39 is 0 Å². The summed E-state index contributed by atoms with van der Waals surface area (Å²) in [5.41, 5.74) is 4.56. The van der Waals surface area contributed by atoms with Gasteiger partial charge in [0.05, 0.1) is 0 Å². The molecule has 0 bridgehead atoms. The van der Waals surface area contributed by atoms with Crippen molar-refractivity contribution in [2.45, 2.75) is 46.0 Å². The van der Waals surface area contributed by atoms with Gasteiger partial charge in [-0.05, 0) is 48.6 Å². The van der Waals surface area contributed by atoms with Gasteiger partial charge in [0.2, 0.25) is 5.91 Å². The van der Waals surface area contributed by atoms with Crippen LogP contribution >= 0.6 is 15.9 Å². The SMILES string of the molecule is Cc1ccc(N2C(=O)CC(c3cccc(Br)c3)C3=C2CC(C)(C)CC3=O)cc1. The van der Waals surface area contributed by atoms with Crippen molar-refractivity contribution < 1.29 is 9.59 Å². The van der Waals surface area contributed by atoms with Crippen molar-refractivity contribution >= 4 is 33.3 Å². The number of amides is 1. The van der Waals surface area contributed by atoms with Crippen molar-refractivity contribution in [3.8, 4) is 0 Å². The van der Waals surface area contributed by atoms with Crippen molar-refractivity contribution in [3.05, 3.63) is 75.4 Å². The van der Waals surface area contributed by atoms with Crippen LogP contribution in [0.4, 0.5) is 5.69 Å². The van der Waals surface area contributed by atoms with Crippen LogP contribution in [0, 0.1) is 12.3 Å². The van der Waals surface area contributed by atoms with Gasteiger partial charge in [0.1, 0.15) is 0 Å². The molecular formula is C24H24BrNO2. The van der Waals surface area contributed by atoms with Gasteiger partial charge in [-0.2, -0.15) is 0 Å². The average Bonchev–Trinajstić information content (AvgIpc) is 2.61. The van der Waals surface area contributed by atoms with Crippen molar-refractivity contribution in [1.82, 2.24) is 0 Å². The van der Waals surface area contributed by atoms with Crippen molar-refractivity contribution in [3.63, 3.8) is 0 Å². The molecule has 2 aromatic carbocycles. The Hall–Kier alpha value is -2.20. The van der Waals surface area contributed by atoms with Gasteiger partial charge >= 0.3 is 0 Å². The molecule has 4 heteroatoms. The van der Waals surface area contributed by atoms with E-state index >= 15 is 0 Å². The predicted octanol–water partition coefficient (Wildman–Crippen LogP) is 5.92. The minimum absolute atomic E-state index is 0.0538. The maximum atomic E-state index is 13.3. The van der Waals surface area contributed by atoms with E-state index in [1.54, 1.807) is 4.90 Å². The Morgan fingerprint density at radius 1 is 1.04 bits per heavy atom. The third-order valence-electron chi connectivity index (χ3n) is 5.69. The summed E-state index contributed by atoms with van der Waals surface area (Å²) in [4.78, 5) is 28.3. The van der Waals surface area contributed by atoms with E-state index in [-0.39, 0.29) is 23.0 Å². The Bertz CT molecular complexity index is 988. The van der Waals surface area contributed by atoms with Crippen LogP contribution in [0.15, 0.2) is 64.3 Å². The summed E-state index contributed by atoms with van der Waals surface area (Å²) >= 11 is 3.52. The Kier molecular flexibility index (Phi) is 4.78. The van der Waals surface area contributed by atoms with Crippen molar-refractivity contribution in [2.75, 3.05) is 4.90 Å². The van der Waals surface area contributed by atoms with Gasteiger partial charge in [-0.3, -0.25) is 14.5 Å². The molecule has 0 radical (unpaired) electrons. The Morgan fingerprint density at radius 3 is 2.43 bits per heavy atom. The Balaban J connectivity index is 1.89. The number of Topliss-reactive ketones (excluding diaryl/α,β-unsaturated/α-hetero) is 1. The molecule has 1 heterocycles. The quantitative estimate of drug-likeness (QED) is 0.584. The molecule has 0 spiro atoms. The first-order chi connectivity index (χ1) is 13.2. The molecule has 2 aliphatic rings. The average molecular weight is 438 g/mol. The third kappa shape index (κ3) is 3.46. The van der Waals surface area contributed by atoms with E-state index in [9.17, 15) is 9.59 Å². The number of allylic oxidation sites excluding steroid dienone is 2. The third-order valence-corrected chi connectivity index (χ3v) is 6.18. The number of nitrogens with zero attached hydrogens (tertiary/aromatic N) is 1. The highest BCUT2D eigenvalue weighted by Gasteiger charge is 2.44. The number of hydrogen-bond donors (Lipinski definition) is 0. The first-order valence-corrected chi connectivity index (χ1v) is 10.5. The van der Waals surface area contributed by atoms with Crippen LogP contribution in [0.2, 0.25) is 0 Å². The zero-order chi connectivity index (χ0) is 20.1. The van der Waals surface area contributed by atoms with E-state index in [4.69, 9.17) is 0 Å². The lowest BCUT2D eigenvalue weighted by molar-refractivity contribution is -0.121. The smallest absolute Gasteiger partial charge is 0.232 e. The van der Waals surface area contributed by atoms with Crippen LogP contribution in [0.5, 0.6) is 0 Å². The van der Waals surface area contributed by atoms with Gasteiger partial charge in [0.15, 0.2) is 5.78 Å². The van der Waals surface area contributed by atoms with E-state index in [0.717, 1.165) is 39.0 Å². The fourth-order valence-corrected chi connectivity index (χ4v) is 4.83. The van der Waals surface area contributed by atoms with Crippen LogP contribution in [0.3, 0.4) is 0 Å². The first kappa shape index (κ1) is 19.1. The zero-order valence-electron chi connectivity index (χ0n) is 16.5. The molecule has 0 saturated carbocycles. The fraction of sp³-hybridized carbons (Fsp3) is 0.333. The molecule has 1 unspecified atom stereocenters. The lowest BCUT2D eigenvalue weighted by atomic mass is 9.69. The van der Waals surface area contributed by atoms with Gasteiger partial charge in [-0.25, -0.2) is 0 Å². The molecular weight excluding hydrogens is 414 g/mol. The van der Waals surface area contributed by atoms with Crippen LogP contribution in [0.25, 0.3) is 0 Å². The first-order valence-electron chi connectivity index (χ1n) is 9.66. The molecule has 1 aliphatic carbocycles. The number of carbonyl (C=O) groups is 2. The molecule has 144 valence electrons. The van der Waals surface area contributed by atoms with Crippen LogP contribution in [-0.2, 0) is 9.59 Å². The number of hydrogen-bond acceptors (Lipinski definition) is 2. The van der Waals surface area contributed by atoms with E-state index in [2.05, 4.69) is 29.8 Å². The molecule has 0 aromatic heterocycles. The lowest BCUT2D eigenvalue weighted by Gasteiger charge is -2.43. The summed E-state index contributed by atoms with van der Waals surface area (Å²) in [5.74, 6) is 0.0456. The molecule has 2 aromatic rings. The predicted molar refractivity (Wildman–Crippen MR) is 115 cm³/mol. The summed E-state index contributed by atoms with van der Waals surface area (Å²) in [5, 5.41) is 0. The highest BCUT2D eigenvalue weighted by atomic mass is 79.9. The normalized spacial score (nSPS) is 21.7. The monoisotopic (exact) mass is 437 g/mol. The second kappa shape index (κ2) is 7.00. The number of benzene rings is 2. The molecule has 3 nitrogen and oxygen atoms in total. The largest absolute Gasteiger partial charge is 0.294 e. The minimum Gasteiger partial charge on any atom is -0.294 e. The number of carbonyl (C=O) groups excluding carboxylic acids is 2. The molecule has 1 aliphatic heterocycles. The van der Waals surface area contributed by atoms with Crippen LogP contribution in [0.1, 0.15) is 50.2 Å². The number of ketones is 1. The molecule has 4 rings (SSSR count). The zero-order valence-corrected chi connectivity index (χ0v) is 18.0. The summed E-state index contributed by atoms with van der Waals surface area (Å²) in [6.07, 6.45) is 1.56. The molecule has 1 atom stereocenters. The van der Waals surface area contributed by atoms with Gasteiger partial charge < -0.3 is 0 Å². The minimum atomic E-state index is -0.176. The Labute approximate surface area is 174 Å². The van der Waals surface area contributed by atoms with Gasteiger partial charge in [-0.15, -0.1) is 0 Å². The Morgan fingerprint density at radius 2 is 1.75 bits per heavy atom. The highest BCUT2D eigenvalue weighted by molar-refractivity contribution is 9.10. The lowest BCUT2D eigenvalue weighted by Crippen LogP contribution is -2.43. The maximum absolute atomic E-state index is 13.3. The second-order valence-electron chi connectivity index (χ2n) is 8.68. The summed E-state index contributed by atoms with van der Waals surface area (Å²) in [6, 6.07) is 15.9. The van der Waals surface area contributed by atoms with E-state index in [1.807, 2.05) is 55.5 Å². The van der Waals surface area contributed by atoms with Gasteiger partial charge in [0.25, 0.3) is 0 Å². The second-order valence-corrected chi connectivity index (χ2v) is 9.59. The maximum Gasteiger partial charge on any atom is 0.232 e. The molecule has 1 amide bonds. The molecule has 0 N–H and O–H groups in total. The van der Waals surface area contributed by atoms with Crippen molar-refractivity contribution in [1.29, 1.82) is 0 Å². The summed E-state index contributed by atoms with van der Waals surface area (Å²) in [7, 11) is 0. The molecule has 28 heavy (non-hydrogen) atoms. The van der Waals surface area contributed by atoms with E-state index in [1.165, 1.54) is 0 Å². The van der Waals surface area contributed by atoms with Gasteiger partial charge in [-0.1, -0.05) is 59.6 Å². The van der Waals surface area contributed by atoms with Gasteiger partial charge in [0, 0.05) is 40.2 Å². The number of aryl methyl sites for hydroxylation is 1. The number of anilines is 1. The van der Waals surface area contributed by atoms with Crippen LogP contribution < -0.4 is 4.90 Å². The number of rotatable bonds is 2. The molecule has 0 saturated heterocycles. The summed E-state index contributed by atoms with van der Waals surface area (Å²) < 4.78 is 0.962. The van der Waals surface area contributed by atoms with Crippen LogP contribution in [-0.4, -0.2) is 11.7 Å². The highest BCUT2D eigenvalue weighted by Crippen LogP contribution is 2.48. The number of halogens is 1. The topological polar surface area (TPSA) is 37.4 Å². The standard InChI is InChI=1S/C24H24BrNO2/c1-15-7-9-18(10-8-15)26-20-13-24(2,3)14-21(27)23(20)19(12-22(26)28)16-5-4-6-17(25)11-16/h4-11,19H,12-14H2,1-3H3. The summed E-state index contributed by atoms with van der Waals surface area (Å²) in [6.45, 7) is 6.24. The molecule has 0 fully saturated rings. The fourth-order valence-electron chi connectivity index (χ4n) is 4.42. The van der Waals surface area contributed by atoms with E-state index in [0.29, 0.717) is 12.8 Å². The van der Waals surface area contributed by atoms with Crippen molar-refractivity contribution in [2.24, 2.45) is 5.41 Å².